The Kier molecular flexibility index (Phi) is 17.1. The van der Waals surface area contributed by atoms with Crippen LogP contribution in [0.2, 0.25) is 0 Å². The molecule has 2 fully saturated rings. The molecule has 2 heterocycles. The van der Waals surface area contributed by atoms with Crippen molar-refractivity contribution in [2.24, 2.45) is 0 Å². The van der Waals surface area contributed by atoms with Crippen molar-refractivity contribution < 1.29 is 80.9 Å². The minimum Gasteiger partial charge on any atom is -0.463 e. The maximum Gasteiger partial charge on any atom is 0.338 e. The zero-order valence-corrected chi connectivity index (χ0v) is 35.2. The minimum atomic E-state index is -1.48. The van der Waals surface area contributed by atoms with Crippen molar-refractivity contribution in [1.29, 1.82) is 0 Å². The Morgan fingerprint density at radius 2 is 0.934 bits per heavy atom. The summed E-state index contributed by atoms with van der Waals surface area (Å²) in [5, 5.41) is -1.12. The van der Waals surface area contributed by atoms with Crippen LogP contribution in [0.3, 0.4) is 0 Å². The molecule has 3 aromatic carbocycles. The van der Waals surface area contributed by atoms with E-state index in [0.29, 0.717) is 0 Å². The third-order valence-corrected chi connectivity index (χ3v) is 12.0. The first kappa shape index (κ1) is 46.6. The fourth-order valence-electron chi connectivity index (χ4n) is 6.31. The summed E-state index contributed by atoms with van der Waals surface area (Å²) in [6.45, 7) is 3.53. The van der Waals surface area contributed by atoms with Crippen LogP contribution < -0.4 is 0 Å². The third-order valence-electron chi connectivity index (χ3n) is 8.93. The average molecular weight is 885 g/mol. The molecule has 5 rings (SSSR count). The number of hydrogen-bond acceptors (Lipinski definition) is 19. The molecule has 0 amide bonds. The van der Waals surface area contributed by atoms with E-state index in [-0.39, 0.29) is 16.7 Å². The lowest BCUT2D eigenvalue weighted by Crippen LogP contribution is -2.62. The second-order valence-electron chi connectivity index (χ2n) is 13.4. The van der Waals surface area contributed by atoms with Crippen LogP contribution >= 0.6 is 21.6 Å². The van der Waals surface area contributed by atoms with E-state index >= 15 is 0 Å². The first-order valence-electron chi connectivity index (χ1n) is 18.8. The molecular formula is C42H44O17S2. The molecule has 0 saturated carbocycles. The highest BCUT2D eigenvalue weighted by molar-refractivity contribution is 8.77. The molecule has 0 N–H and O–H groups in total. The van der Waals surface area contributed by atoms with Crippen molar-refractivity contribution in [2.75, 3.05) is 20.3 Å². The monoisotopic (exact) mass is 884 g/mol. The SMILES string of the molecule is CO[C@H]1O[C@H](COC(=O)c2ccccc2)[C@@H](SS[C@@H]2O[C@H](COC(C)=O)[C@H](OC(C)=O)[C@H](OC(C)=O)[C@H]2OC(C)=O)[C@H](OC(=O)c2ccccc2)[C@H]1OC(=O)c1ccccc1. The number of esters is 7. The zero-order chi connectivity index (χ0) is 44.1. The van der Waals surface area contributed by atoms with Crippen LogP contribution in [0.15, 0.2) is 91.0 Å². The predicted octanol–water partition coefficient (Wildman–Crippen LogP) is 4.50. The summed E-state index contributed by atoms with van der Waals surface area (Å²) in [6, 6.07) is 24.2. The summed E-state index contributed by atoms with van der Waals surface area (Å²) in [7, 11) is 3.11. The number of benzene rings is 3. The number of methoxy groups -OCH3 is 1. The first-order chi connectivity index (χ1) is 29.2. The van der Waals surface area contributed by atoms with E-state index in [4.69, 9.17) is 47.4 Å². The molecule has 0 spiro atoms. The standard InChI is InChI=1S/C42H44O17S2/c1-23(43)51-21-30-32(53-24(2)44)33(54-25(3)45)36(55-26(4)46)42(57-30)61-60-37-31(22-52-38(47)27-15-9-6-10-16-27)56-41(50-5)35(59-40(49)29-19-13-8-14-20-29)34(37)58-39(48)28-17-11-7-12-18-28/h6-20,30-37,41-42H,21-22H2,1-5H3/t30-,31-,32+,33+,34-,35-,36-,37-,41+,42+/m1/s1. The highest BCUT2D eigenvalue weighted by Crippen LogP contribution is 2.46. The fraction of sp³-hybridized carbons (Fsp3) is 0.405. The second kappa shape index (κ2) is 22.4. The van der Waals surface area contributed by atoms with Gasteiger partial charge in [-0.2, -0.15) is 0 Å². The molecule has 17 nitrogen and oxygen atoms in total. The van der Waals surface area contributed by atoms with Crippen molar-refractivity contribution in [3.63, 3.8) is 0 Å². The van der Waals surface area contributed by atoms with Gasteiger partial charge in [0, 0.05) is 34.8 Å². The van der Waals surface area contributed by atoms with Gasteiger partial charge >= 0.3 is 41.8 Å². The van der Waals surface area contributed by atoms with E-state index < -0.39 is 115 Å². The number of carbonyl (C=O) groups is 7. The maximum absolute atomic E-state index is 13.9. The molecule has 10 atom stereocenters. The molecule has 326 valence electrons. The molecule has 2 aliphatic rings. The molecule has 0 bridgehead atoms. The highest BCUT2D eigenvalue weighted by Gasteiger charge is 2.55. The first-order valence-corrected chi connectivity index (χ1v) is 21.1. The van der Waals surface area contributed by atoms with Gasteiger partial charge in [-0.25, -0.2) is 14.4 Å². The van der Waals surface area contributed by atoms with Crippen molar-refractivity contribution in [2.45, 2.75) is 87.4 Å². The lowest BCUT2D eigenvalue weighted by Gasteiger charge is -2.46. The minimum absolute atomic E-state index is 0.152. The summed E-state index contributed by atoms with van der Waals surface area (Å²) in [5.74, 6) is -5.48. The van der Waals surface area contributed by atoms with Gasteiger partial charge in [-0.05, 0) is 36.4 Å². The number of carbonyl (C=O) groups excluding carboxylic acids is 7. The number of ether oxygens (including phenoxy) is 10. The largest absolute Gasteiger partial charge is 0.463 e. The second-order valence-corrected chi connectivity index (χ2v) is 16.0. The Balaban J connectivity index is 1.57. The summed E-state index contributed by atoms with van der Waals surface area (Å²) < 4.78 is 58.2. The molecule has 2 aliphatic heterocycles. The van der Waals surface area contributed by atoms with E-state index in [9.17, 15) is 33.6 Å². The van der Waals surface area contributed by atoms with Gasteiger partial charge in [-0.3, -0.25) is 19.2 Å². The Labute approximate surface area is 358 Å². The summed E-state index contributed by atoms with van der Waals surface area (Å²) in [4.78, 5) is 90.0. The Morgan fingerprint density at radius 1 is 0.475 bits per heavy atom. The molecule has 3 aromatic rings. The quantitative estimate of drug-likeness (QED) is 0.110. The number of rotatable bonds is 16. The lowest BCUT2D eigenvalue weighted by molar-refractivity contribution is -0.258. The van der Waals surface area contributed by atoms with E-state index in [1.54, 1.807) is 66.7 Å². The van der Waals surface area contributed by atoms with Crippen molar-refractivity contribution in [3.8, 4) is 0 Å². The van der Waals surface area contributed by atoms with Gasteiger partial charge in [0.05, 0.1) is 21.9 Å². The van der Waals surface area contributed by atoms with Gasteiger partial charge in [-0.15, -0.1) is 0 Å². The van der Waals surface area contributed by atoms with Gasteiger partial charge in [0.25, 0.3) is 0 Å². The molecule has 0 aliphatic carbocycles. The topological polar surface area (TPSA) is 212 Å². The van der Waals surface area contributed by atoms with Gasteiger partial charge in [0.15, 0.2) is 42.2 Å². The predicted molar refractivity (Wildman–Crippen MR) is 215 cm³/mol. The lowest BCUT2D eigenvalue weighted by atomic mass is 9.99. The van der Waals surface area contributed by atoms with Crippen LogP contribution in [-0.2, 0) is 66.5 Å². The van der Waals surface area contributed by atoms with Crippen molar-refractivity contribution in [3.05, 3.63) is 108 Å². The van der Waals surface area contributed by atoms with Crippen LogP contribution in [0.5, 0.6) is 0 Å². The van der Waals surface area contributed by atoms with Crippen molar-refractivity contribution >= 4 is 63.4 Å². The van der Waals surface area contributed by atoms with E-state index in [0.717, 1.165) is 49.3 Å². The third kappa shape index (κ3) is 13.0. The molecular weight excluding hydrogens is 841 g/mol. The molecule has 61 heavy (non-hydrogen) atoms. The van der Waals surface area contributed by atoms with Gasteiger partial charge in [0.2, 0.25) is 0 Å². The van der Waals surface area contributed by atoms with Gasteiger partial charge < -0.3 is 47.4 Å². The van der Waals surface area contributed by atoms with Crippen LogP contribution in [0.1, 0.15) is 58.8 Å². The molecule has 0 unspecified atom stereocenters. The summed E-state index contributed by atoms with van der Waals surface area (Å²) >= 11 is 0. The normalized spacial score (nSPS) is 25.8. The highest BCUT2D eigenvalue weighted by atomic mass is 33.1. The fourth-order valence-corrected chi connectivity index (χ4v) is 9.52. The molecule has 0 radical (unpaired) electrons. The smallest absolute Gasteiger partial charge is 0.338 e. The van der Waals surface area contributed by atoms with Crippen LogP contribution in [0.4, 0.5) is 0 Å². The molecule has 2 saturated heterocycles. The molecule has 19 heteroatoms. The Bertz CT molecular complexity index is 1980. The average Bonchev–Trinajstić information content (AvgIpc) is 3.24. The van der Waals surface area contributed by atoms with Crippen LogP contribution in [0.25, 0.3) is 0 Å². The van der Waals surface area contributed by atoms with E-state index in [2.05, 4.69) is 0 Å². The van der Waals surface area contributed by atoms with Crippen LogP contribution in [0, 0.1) is 0 Å². The summed E-state index contributed by atoms with van der Waals surface area (Å²) in [5.41, 5.74) is -0.743. The van der Waals surface area contributed by atoms with Gasteiger partial charge in [0.1, 0.15) is 25.4 Å². The number of hydrogen-bond donors (Lipinski definition) is 0. The van der Waals surface area contributed by atoms with Gasteiger partial charge in [-0.1, -0.05) is 76.2 Å². The van der Waals surface area contributed by atoms with E-state index in [1.807, 2.05) is 0 Å². The Morgan fingerprint density at radius 3 is 1.43 bits per heavy atom. The molecule has 0 aromatic heterocycles. The Hall–Kier alpha value is -5.47. The van der Waals surface area contributed by atoms with E-state index in [1.165, 1.54) is 31.4 Å². The van der Waals surface area contributed by atoms with Crippen LogP contribution in [-0.4, -0.2) is 122 Å². The summed E-state index contributed by atoms with van der Waals surface area (Å²) in [6.07, 6.45) is -11.0. The zero-order valence-electron chi connectivity index (χ0n) is 33.6. The maximum atomic E-state index is 13.9. The van der Waals surface area contributed by atoms with Crippen molar-refractivity contribution in [1.82, 2.24) is 0 Å².